The summed E-state index contributed by atoms with van der Waals surface area (Å²) >= 11 is 0. The van der Waals surface area contributed by atoms with Gasteiger partial charge in [0.2, 0.25) is 0 Å². The minimum Gasteiger partial charge on any atom is -0.465 e. The van der Waals surface area contributed by atoms with E-state index < -0.39 is 10.9 Å². The third-order valence-corrected chi connectivity index (χ3v) is 2.03. The summed E-state index contributed by atoms with van der Waals surface area (Å²) in [7, 11) is 0. The Morgan fingerprint density at radius 3 is 2.35 bits per heavy atom. The van der Waals surface area contributed by atoms with Crippen LogP contribution in [-0.4, -0.2) is 23.3 Å². The van der Waals surface area contributed by atoms with E-state index in [1.807, 2.05) is 0 Å². The first-order valence-corrected chi connectivity index (χ1v) is 4.91. The molecule has 0 spiro atoms. The lowest BCUT2D eigenvalue weighted by Gasteiger charge is -2.01. The van der Waals surface area contributed by atoms with Gasteiger partial charge in [0.05, 0.1) is 11.5 Å². The van der Waals surface area contributed by atoms with Crippen LogP contribution < -0.4 is 0 Å². The van der Waals surface area contributed by atoms with E-state index in [-0.39, 0.29) is 24.5 Å². The van der Waals surface area contributed by atoms with Crippen molar-refractivity contribution in [3.05, 3.63) is 39.9 Å². The Labute approximate surface area is 97.3 Å². The summed E-state index contributed by atoms with van der Waals surface area (Å²) in [5.74, 6) is -0.664. The van der Waals surface area contributed by atoms with Crippen LogP contribution in [0, 0.1) is 10.1 Å². The topological polar surface area (TPSA) is 86.5 Å². The van der Waals surface area contributed by atoms with Crippen LogP contribution in [0.1, 0.15) is 23.7 Å². The number of hydrogen-bond acceptors (Lipinski definition) is 5. The van der Waals surface area contributed by atoms with Gasteiger partial charge in [-0.2, -0.15) is 0 Å². The molecule has 0 aliphatic heterocycles. The van der Waals surface area contributed by atoms with E-state index in [0.29, 0.717) is 5.56 Å². The van der Waals surface area contributed by atoms with Crippen LogP contribution >= 0.6 is 0 Å². The van der Waals surface area contributed by atoms with Crippen molar-refractivity contribution in [1.29, 1.82) is 0 Å². The van der Waals surface area contributed by atoms with Gasteiger partial charge in [-0.1, -0.05) is 0 Å². The summed E-state index contributed by atoms with van der Waals surface area (Å²) in [6.45, 7) is 1.28. The second-order valence-corrected chi connectivity index (χ2v) is 3.32. The molecule has 1 rings (SSSR count). The van der Waals surface area contributed by atoms with E-state index in [1.165, 1.54) is 31.2 Å². The van der Waals surface area contributed by atoms with Gasteiger partial charge in [-0.25, -0.2) is 0 Å². The third-order valence-electron chi connectivity index (χ3n) is 2.03. The van der Waals surface area contributed by atoms with Crippen molar-refractivity contribution in [2.24, 2.45) is 0 Å². The quantitative estimate of drug-likeness (QED) is 0.337. The first-order chi connectivity index (χ1) is 8.00. The van der Waals surface area contributed by atoms with Gasteiger partial charge < -0.3 is 4.74 Å². The molecule has 0 fully saturated rings. The maximum Gasteiger partial charge on any atom is 0.302 e. The van der Waals surface area contributed by atoms with E-state index in [0.717, 1.165) is 0 Å². The van der Waals surface area contributed by atoms with E-state index in [9.17, 15) is 19.7 Å². The van der Waals surface area contributed by atoms with Crippen molar-refractivity contribution < 1.29 is 19.2 Å². The van der Waals surface area contributed by atoms with Gasteiger partial charge in [0.15, 0.2) is 5.78 Å². The Morgan fingerprint density at radius 1 is 1.29 bits per heavy atom. The number of nitro groups is 1. The highest BCUT2D eigenvalue weighted by molar-refractivity contribution is 5.96. The fraction of sp³-hybridized carbons (Fsp3) is 0.273. The molecular formula is C11H11NO5. The van der Waals surface area contributed by atoms with Crippen LogP contribution in [0.5, 0.6) is 0 Å². The number of Topliss-reactive ketones (excluding diaryl/α,β-unsaturated/α-hetero) is 1. The van der Waals surface area contributed by atoms with Crippen molar-refractivity contribution in [3.8, 4) is 0 Å². The first-order valence-electron chi connectivity index (χ1n) is 4.91. The maximum atomic E-state index is 11.5. The Kier molecular flexibility index (Phi) is 4.33. The number of esters is 1. The lowest BCUT2D eigenvalue weighted by Crippen LogP contribution is -2.07. The number of benzene rings is 1. The predicted molar refractivity (Wildman–Crippen MR) is 58.7 cm³/mol. The summed E-state index contributed by atoms with van der Waals surface area (Å²) in [4.78, 5) is 31.9. The van der Waals surface area contributed by atoms with Crippen LogP contribution in [0.2, 0.25) is 0 Å². The molecule has 0 aliphatic carbocycles. The molecule has 0 N–H and O–H groups in total. The molecule has 0 heterocycles. The molecule has 0 radical (unpaired) electrons. The number of ether oxygens (including phenoxy) is 1. The van der Waals surface area contributed by atoms with Crippen LogP contribution in [0.15, 0.2) is 24.3 Å². The van der Waals surface area contributed by atoms with Crippen LogP contribution in [-0.2, 0) is 9.53 Å². The summed E-state index contributed by atoms with van der Waals surface area (Å²) in [6, 6.07) is 5.29. The van der Waals surface area contributed by atoms with Gasteiger partial charge in [-0.15, -0.1) is 0 Å². The van der Waals surface area contributed by atoms with Gasteiger partial charge in [-0.3, -0.25) is 19.7 Å². The molecule has 0 saturated heterocycles. The Hall–Kier alpha value is -2.24. The van der Waals surface area contributed by atoms with E-state index >= 15 is 0 Å². The molecule has 0 saturated carbocycles. The number of nitrogens with zero attached hydrogens (tertiary/aromatic N) is 1. The van der Waals surface area contributed by atoms with Crippen LogP contribution in [0.4, 0.5) is 5.69 Å². The van der Waals surface area contributed by atoms with E-state index in [4.69, 9.17) is 0 Å². The average Bonchev–Trinajstić information content (AvgIpc) is 2.28. The van der Waals surface area contributed by atoms with Crippen molar-refractivity contribution in [2.75, 3.05) is 6.61 Å². The Balaban J connectivity index is 2.57. The second kappa shape index (κ2) is 5.74. The number of hydrogen-bond donors (Lipinski definition) is 0. The van der Waals surface area contributed by atoms with Crippen molar-refractivity contribution in [2.45, 2.75) is 13.3 Å². The van der Waals surface area contributed by atoms with Crippen molar-refractivity contribution >= 4 is 17.4 Å². The van der Waals surface area contributed by atoms with Gasteiger partial charge in [0.25, 0.3) is 5.69 Å². The van der Waals surface area contributed by atoms with Crippen molar-refractivity contribution in [1.82, 2.24) is 0 Å². The monoisotopic (exact) mass is 237 g/mol. The fourth-order valence-corrected chi connectivity index (χ4v) is 1.20. The maximum absolute atomic E-state index is 11.5. The molecule has 0 bridgehead atoms. The van der Waals surface area contributed by atoms with Gasteiger partial charge in [-0.05, 0) is 12.1 Å². The van der Waals surface area contributed by atoms with E-state index in [2.05, 4.69) is 4.74 Å². The molecule has 17 heavy (non-hydrogen) atoms. The zero-order valence-corrected chi connectivity index (χ0v) is 9.21. The zero-order valence-electron chi connectivity index (χ0n) is 9.21. The summed E-state index contributed by atoms with van der Waals surface area (Å²) < 4.78 is 4.63. The third kappa shape index (κ3) is 4.02. The molecule has 1 aromatic rings. The highest BCUT2D eigenvalue weighted by atomic mass is 16.6. The molecule has 6 nitrogen and oxygen atoms in total. The predicted octanol–water partition coefficient (Wildman–Crippen LogP) is 1.73. The molecule has 90 valence electrons. The highest BCUT2D eigenvalue weighted by Gasteiger charge is 2.09. The first kappa shape index (κ1) is 12.8. The smallest absolute Gasteiger partial charge is 0.302 e. The largest absolute Gasteiger partial charge is 0.465 e. The van der Waals surface area contributed by atoms with Crippen LogP contribution in [0.25, 0.3) is 0 Å². The molecule has 0 atom stereocenters. The lowest BCUT2D eigenvalue weighted by molar-refractivity contribution is -0.384. The number of nitro benzene ring substituents is 1. The van der Waals surface area contributed by atoms with Gasteiger partial charge in [0.1, 0.15) is 0 Å². The molecule has 0 amide bonds. The number of carbonyl (C=O) groups is 2. The SMILES string of the molecule is CC(=O)OCCC(=O)c1ccc([N+](=O)[O-])cc1. The normalized spacial score (nSPS) is 9.71. The molecule has 1 aromatic carbocycles. The molecule has 0 aromatic heterocycles. The average molecular weight is 237 g/mol. The standard InChI is InChI=1S/C11H11NO5/c1-8(13)17-7-6-11(14)9-2-4-10(5-3-9)12(15)16/h2-5H,6-7H2,1H3. The number of rotatable bonds is 5. The zero-order chi connectivity index (χ0) is 12.8. The minimum atomic E-state index is -0.535. The van der Waals surface area contributed by atoms with Gasteiger partial charge in [0, 0.05) is 31.0 Å². The molecule has 0 aliphatic rings. The lowest BCUT2D eigenvalue weighted by atomic mass is 10.1. The fourth-order valence-electron chi connectivity index (χ4n) is 1.20. The molecule has 0 unspecified atom stereocenters. The van der Waals surface area contributed by atoms with E-state index in [1.54, 1.807) is 0 Å². The summed E-state index contributed by atoms with van der Waals surface area (Å²) in [5.41, 5.74) is 0.296. The summed E-state index contributed by atoms with van der Waals surface area (Å²) in [6.07, 6.45) is 0.0669. The minimum absolute atomic E-state index is 0.0190. The van der Waals surface area contributed by atoms with Crippen LogP contribution in [0.3, 0.4) is 0 Å². The highest BCUT2D eigenvalue weighted by Crippen LogP contribution is 2.13. The Morgan fingerprint density at radius 2 is 1.88 bits per heavy atom. The second-order valence-electron chi connectivity index (χ2n) is 3.32. The molecule has 6 heteroatoms. The number of ketones is 1. The van der Waals surface area contributed by atoms with Gasteiger partial charge >= 0.3 is 5.97 Å². The number of non-ortho nitro benzene ring substituents is 1. The number of carbonyl (C=O) groups excluding carboxylic acids is 2. The molecular weight excluding hydrogens is 226 g/mol. The summed E-state index contributed by atoms with van der Waals surface area (Å²) in [5, 5.41) is 10.4. The van der Waals surface area contributed by atoms with Crippen molar-refractivity contribution in [3.63, 3.8) is 0 Å². The Bertz CT molecular complexity index is 438.